The number of allylic oxidation sites excluding steroid dienone is 1. The van der Waals surface area contributed by atoms with E-state index < -0.39 is 0 Å². The smallest absolute Gasteiger partial charge is 0.0346 e. The van der Waals surface area contributed by atoms with Gasteiger partial charge in [0.15, 0.2) is 0 Å². The van der Waals surface area contributed by atoms with Gasteiger partial charge < -0.3 is 5.32 Å². The third kappa shape index (κ3) is 3.02. The summed E-state index contributed by atoms with van der Waals surface area (Å²) in [5, 5.41) is 6.05. The Morgan fingerprint density at radius 1 is 1.37 bits per heavy atom. The van der Waals surface area contributed by atoms with E-state index in [0.29, 0.717) is 0 Å². The van der Waals surface area contributed by atoms with Gasteiger partial charge in [0, 0.05) is 23.8 Å². The van der Waals surface area contributed by atoms with Crippen molar-refractivity contribution in [1.29, 1.82) is 0 Å². The summed E-state index contributed by atoms with van der Waals surface area (Å²) in [6.45, 7) is 3.29. The molecule has 0 saturated heterocycles. The predicted molar refractivity (Wildman–Crippen MR) is 81.0 cm³/mol. The summed E-state index contributed by atoms with van der Waals surface area (Å²) in [5.74, 6) is 0. The van der Waals surface area contributed by atoms with Crippen molar-refractivity contribution in [1.82, 2.24) is 10.3 Å². The molecule has 98 valence electrons. The van der Waals surface area contributed by atoms with E-state index in [9.17, 15) is 0 Å². The van der Waals surface area contributed by atoms with Crippen LogP contribution in [-0.2, 0) is 0 Å². The Kier molecular flexibility index (Phi) is 3.60. The lowest BCUT2D eigenvalue weighted by Crippen LogP contribution is -2.16. The van der Waals surface area contributed by atoms with Gasteiger partial charge in [0.25, 0.3) is 0 Å². The van der Waals surface area contributed by atoms with E-state index in [2.05, 4.69) is 47.6 Å². The van der Waals surface area contributed by atoms with Crippen LogP contribution in [0.5, 0.6) is 0 Å². The maximum atomic E-state index is 4.19. The van der Waals surface area contributed by atoms with Crippen LogP contribution in [0.4, 0.5) is 0 Å². The Labute approximate surface area is 114 Å². The molecule has 1 aliphatic rings. The molecule has 0 unspecified atom stereocenters. The number of aromatic nitrogens is 1. The molecule has 19 heavy (non-hydrogen) atoms. The highest BCUT2D eigenvalue weighted by Crippen LogP contribution is 2.24. The maximum Gasteiger partial charge on any atom is 0.0346 e. The molecule has 1 N–H and O–H groups in total. The minimum atomic E-state index is 0.803. The summed E-state index contributed by atoms with van der Waals surface area (Å²) in [5.41, 5.74) is 2.68. The summed E-state index contributed by atoms with van der Waals surface area (Å²) >= 11 is 0. The first kappa shape index (κ1) is 12.4. The first-order valence-corrected chi connectivity index (χ1v) is 7.08. The second-order valence-corrected chi connectivity index (χ2v) is 5.31. The highest BCUT2D eigenvalue weighted by atomic mass is 14.9. The average molecular weight is 252 g/mol. The largest absolute Gasteiger partial charge is 0.314 e. The zero-order chi connectivity index (χ0) is 13.1. The molecule has 1 saturated carbocycles. The third-order valence-corrected chi connectivity index (χ3v) is 3.71. The van der Waals surface area contributed by atoms with Crippen LogP contribution in [0.3, 0.4) is 0 Å². The van der Waals surface area contributed by atoms with Crippen molar-refractivity contribution < 1.29 is 0 Å². The Bertz CT molecular complexity index is 592. The quantitative estimate of drug-likeness (QED) is 0.819. The fraction of sp³-hybridized carbons (Fsp3) is 0.353. The Morgan fingerprint density at radius 2 is 2.26 bits per heavy atom. The molecule has 0 atom stereocenters. The minimum absolute atomic E-state index is 0.803. The van der Waals surface area contributed by atoms with Crippen LogP contribution < -0.4 is 5.32 Å². The lowest BCUT2D eigenvalue weighted by Gasteiger charge is -2.07. The van der Waals surface area contributed by atoms with Gasteiger partial charge in [0.2, 0.25) is 0 Å². The minimum Gasteiger partial charge on any atom is -0.314 e. The molecule has 0 spiro atoms. The molecule has 1 aromatic carbocycles. The van der Waals surface area contributed by atoms with E-state index in [4.69, 9.17) is 0 Å². The molecule has 3 rings (SSSR count). The SMILES string of the molecule is CC(=CCCNC1CC1)c1cccc2cnccc12. The predicted octanol–water partition coefficient (Wildman–Crippen LogP) is 3.78. The second kappa shape index (κ2) is 5.54. The van der Waals surface area contributed by atoms with Crippen LogP contribution in [0, 0.1) is 0 Å². The van der Waals surface area contributed by atoms with Gasteiger partial charge >= 0.3 is 0 Å². The Balaban J connectivity index is 1.76. The Hall–Kier alpha value is -1.67. The van der Waals surface area contributed by atoms with Crippen LogP contribution >= 0.6 is 0 Å². The standard InChI is InChI=1S/C17H20N2/c1-13(4-3-10-19-15-7-8-15)16-6-2-5-14-12-18-11-9-17(14)16/h2,4-6,9,11-12,15,19H,3,7-8,10H2,1H3. The van der Waals surface area contributed by atoms with Crippen LogP contribution in [0.1, 0.15) is 31.7 Å². The number of rotatable bonds is 5. The van der Waals surface area contributed by atoms with Crippen molar-refractivity contribution in [3.8, 4) is 0 Å². The van der Waals surface area contributed by atoms with Crippen LogP contribution in [0.25, 0.3) is 16.3 Å². The molecular weight excluding hydrogens is 232 g/mol. The maximum absolute atomic E-state index is 4.19. The number of benzene rings is 1. The van der Waals surface area contributed by atoms with Gasteiger partial charge in [0.1, 0.15) is 0 Å². The summed E-state index contributed by atoms with van der Waals surface area (Å²) in [4.78, 5) is 4.19. The molecular formula is C17H20N2. The highest BCUT2D eigenvalue weighted by Gasteiger charge is 2.19. The van der Waals surface area contributed by atoms with Gasteiger partial charge in [-0.05, 0) is 55.3 Å². The zero-order valence-corrected chi connectivity index (χ0v) is 11.4. The zero-order valence-electron chi connectivity index (χ0n) is 11.4. The van der Waals surface area contributed by atoms with Gasteiger partial charge in [-0.3, -0.25) is 4.98 Å². The number of hydrogen-bond donors (Lipinski definition) is 1. The summed E-state index contributed by atoms with van der Waals surface area (Å²) < 4.78 is 0. The van der Waals surface area contributed by atoms with Crippen molar-refractivity contribution in [2.75, 3.05) is 6.54 Å². The van der Waals surface area contributed by atoms with E-state index in [1.807, 2.05) is 12.4 Å². The normalized spacial score (nSPS) is 15.9. The van der Waals surface area contributed by atoms with Crippen molar-refractivity contribution in [2.45, 2.75) is 32.2 Å². The summed E-state index contributed by atoms with van der Waals surface area (Å²) in [6, 6.07) is 9.33. The van der Waals surface area contributed by atoms with Gasteiger partial charge in [-0.1, -0.05) is 24.3 Å². The molecule has 2 heteroatoms. The van der Waals surface area contributed by atoms with Crippen LogP contribution in [0.2, 0.25) is 0 Å². The average Bonchev–Trinajstić information content (AvgIpc) is 3.27. The molecule has 1 aliphatic carbocycles. The fourth-order valence-electron chi connectivity index (χ4n) is 2.44. The molecule has 1 heterocycles. The summed E-state index contributed by atoms with van der Waals surface area (Å²) in [6.07, 6.45) is 9.96. The third-order valence-electron chi connectivity index (χ3n) is 3.71. The number of nitrogens with zero attached hydrogens (tertiary/aromatic N) is 1. The van der Waals surface area contributed by atoms with Crippen molar-refractivity contribution in [3.05, 3.63) is 48.3 Å². The van der Waals surface area contributed by atoms with E-state index in [1.165, 1.54) is 34.8 Å². The monoisotopic (exact) mass is 252 g/mol. The van der Waals surface area contributed by atoms with Gasteiger partial charge in [-0.2, -0.15) is 0 Å². The summed E-state index contributed by atoms with van der Waals surface area (Å²) in [7, 11) is 0. The number of fused-ring (bicyclic) bond motifs is 1. The van der Waals surface area contributed by atoms with E-state index in [0.717, 1.165) is 19.0 Å². The second-order valence-electron chi connectivity index (χ2n) is 5.31. The Morgan fingerprint density at radius 3 is 3.11 bits per heavy atom. The van der Waals surface area contributed by atoms with Crippen molar-refractivity contribution >= 4 is 16.3 Å². The molecule has 0 amide bonds. The molecule has 0 radical (unpaired) electrons. The van der Waals surface area contributed by atoms with Crippen molar-refractivity contribution in [2.24, 2.45) is 0 Å². The van der Waals surface area contributed by atoms with Gasteiger partial charge in [0.05, 0.1) is 0 Å². The molecule has 1 fully saturated rings. The highest BCUT2D eigenvalue weighted by molar-refractivity contribution is 5.92. The molecule has 2 nitrogen and oxygen atoms in total. The first-order chi connectivity index (χ1) is 9.34. The van der Waals surface area contributed by atoms with E-state index >= 15 is 0 Å². The van der Waals surface area contributed by atoms with Crippen LogP contribution in [-0.4, -0.2) is 17.6 Å². The first-order valence-electron chi connectivity index (χ1n) is 7.08. The van der Waals surface area contributed by atoms with Crippen molar-refractivity contribution in [3.63, 3.8) is 0 Å². The van der Waals surface area contributed by atoms with E-state index in [1.54, 1.807) is 0 Å². The topological polar surface area (TPSA) is 24.9 Å². The number of hydrogen-bond acceptors (Lipinski definition) is 2. The van der Waals surface area contributed by atoms with E-state index in [-0.39, 0.29) is 0 Å². The fourth-order valence-corrected chi connectivity index (χ4v) is 2.44. The van der Waals surface area contributed by atoms with Gasteiger partial charge in [-0.15, -0.1) is 0 Å². The van der Waals surface area contributed by atoms with Crippen LogP contribution in [0.15, 0.2) is 42.7 Å². The number of nitrogens with one attached hydrogen (secondary N) is 1. The molecule has 0 bridgehead atoms. The molecule has 0 aliphatic heterocycles. The lowest BCUT2D eigenvalue weighted by molar-refractivity contribution is 0.690. The lowest BCUT2D eigenvalue weighted by atomic mass is 10.00. The molecule has 2 aromatic rings. The number of pyridine rings is 1. The molecule has 1 aromatic heterocycles. The van der Waals surface area contributed by atoms with Gasteiger partial charge in [-0.25, -0.2) is 0 Å².